The first-order valence-electron chi connectivity index (χ1n) is 10.3. The van der Waals surface area contributed by atoms with Gasteiger partial charge in [-0.15, -0.1) is 0 Å². The van der Waals surface area contributed by atoms with Crippen LogP contribution in [0.3, 0.4) is 0 Å². The van der Waals surface area contributed by atoms with Crippen LogP contribution in [0.5, 0.6) is 0 Å². The fourth-order valence-electron chi connectivity index (χ4n) is 3.39. The number of aromatic nitrogens is 3. The van der Waals surface area contributed by atoms with Gasteiger partial charge in [0.15, 0.2) is 0 Å². The second kappa shape index (κ2) is 7.36. The lowest BCUT2D eigenvalue weighted by atomic mass is 10.2. The molecule has 5 aromatic rings. The second-order valence-electron chi connectivity index (χ2n) is 6.70. The third kappa shape index (κ3) is 3.26. The Hall–Kier alpha value is -4.13. The number of carbonyl (C=O) groups is 1. The normalized spacial score (nSPS) is 12.6. The van der Waals surface area contributed by atoms with E-state index in [0.29, 0.717) is 33.2 Å². The van der Waals surface area contributed by atoms with E-state index in [1.807, 2.05) is 6.07 Å². The summed E-state index contributed by atoms with van der Waals surface area (Å²) in [6.07, 6.45) is 4.90. The van der Waals surface area contributed by atoms with E-state index in [1.165, 1.54) is 16.7 Å². The van der Waals surface area contributed by atoms with Crippen molar-refractivity contribution in [1.82, 2.24) is 14.5 Å². The number of carbonyl (C=O) groups excluding carboxylic acids is 1. The lowest BCUT2D eigenvalue weighted by Crippen LogP contribution is -2.20. The van der Waals surface area contributed by atoms with E-state index in [-0.39, 0.29) is 5.69 Å². The SMILES string of the molecule is [2H]C([2H])(c1c[nH]c2ncccc12)n1ccc2c(NC(=O)Nc3ccccc3F)cccc21. The van der Waals surface area contributed by atoms with Crippen LogP contribution in [-0.4, -0.2) is 20.6 Å². The highest BCUT2D eigenvalue weighted by Gasteiger charge is 2.12. The molecule has 0 fully saturated rings. The number of aromatic amines is 1. The van der Waals surface area contributed by atoms with Gasteiger partial charge in [-0.2, -0.15) is 0 Å². The molecule has 0 atom stereocenters. The maximum absolute atomic E-state index is 13.8. The second-order valence-corrected chi connectivity index (χ2v) is 6.70. The number of hydrogen-bond acceptors (Lipinski definition) is 2. The average Bonchev–Trinajstić information content (AvgIpc) is 3.41. The minimum absolute atomic E-state index is 0.0685. The molecule has 0 aliphatic heterocycles. The standard InChI is InChI=1S/C23H18FN5O/c24-18-6-1-2-7-20(18)28-23(30)27-19-8-3-9-21-17(19)10-12-29(21)14-15-13-26-22-16(15)5-4-11-25-22/h1-13H,14H2,(H,25,26)(H2,27,28,30)/i14D2. The third-order valence-electron chi connectivity index (χ3n) is 4.80. The summed E-state index contributed by atoms with van der Waals surface area (Å²) in [6.45, 7) is -1.88. The van der Waals surface area contributed by atoms with Crippen LogP contribution in [0, 0.1) is 5.82 Å². The molecule has 2 amide bonds. The van der Waals surface area contributed by atoms with Gasteiger partial charge in [-0.25, -0.2) is 14.2 Å². The quantitative estimate of drug-likeness (QED) is 0.380. The summed E-state index contributed by atoms with van der Waals surface area (Å²) in [6, 6.07) is 15.8. The molecule has 30 heavy (non-hydrogen) atoms. The molecule has 3 N–H and O–H groups in total. The number of nitrogens with zero attached hydrogens (tertiary/aromatic N) is 2. The van der Waals surface area contributed by atoms with Crippen LogP contribution in [0.4, 0.5) is 20.6 Å². The van der Waals surface area contributed by atoms with Gasteiger partial charge >= 0.3 is 6.03 Å². The third-order valence-corrected chi connectivity index (χ3v) is 4.80. The number of para-hydroxylation sites is 1. The highest BCUT2D eigenvalue weighted by Crippen LogP contribution is 2.27. The van der Waals surface area contributed by atoms with Crippen LogP contribution in [0.2, 0.25) is 0 Å². The van der Waals surface area contributed by atoms with Crippen LogP contribution in [-0.2, 0) is 6.50 Å². The van der Waals surface area contributed by atoms with E-state index in [9.17, 15) is 9.18 Å². The van der Waals surface area contributed by atoms with E-state index in [4.69, 9.17) is 2.74 Å². The number of halogens is 1. The summed E-state index contributed by atoms with van der Waals surface area (Å²) in [5.41, 5.74) is 2.20. The Morgan fingerprint density at radius 2 is 1.87 bits per heavy atom. The van der Waals surface area contributed by atoms with E-state index in [0.717, 1.165) is 0 Å². The summed E-state index contributed by atoms with van der Waals surface area (Å²) in [4.78, 5) is 19.7. The average molecular weight is 401 g/mol. The molecule has 0 spiro atoms. The Morgan fingerprint density at radius 3 is 2.77 bits per heavy atom. The molecule has 0 saturated heterocycles. The van der Waals surface area contributed by atoms with Crippen molar-refractivity contribution in [2.45, 2.75) is 6.50 Å². The Kier molecular flexibility index (Phi) is 3.87. The van der Waals surface area contributed by atoms with Crippen molar-refractivity contribution in [3.63, 3.8) is 0 Å². The molecular weight excluding hydrogens is 381 g/mol. The Bertz CT molecular complexity index is 1460. The van der Waals surface area contributed by atoms with Crippen LogP contribution in [0.1, 0.15) is 8.30 Å². The topological polar surface area (TPSA) is 74.7 Å². The molecule has 3 aromatic heterocycles. The van der Waals surface area contributed by atoms with Gasteiger partial charge in [0.1, 0.15) is 11.5 Å². The van der Waals surface area contributed by atoms with Gasteiger partial charge < -0.3 is 20.2 Å². The summed E-state index contributed by atoms with van der Waals surface area (Å²) in [5, 5.41) is 6.55. The first-order valence-corrected chi connectivity index (χ1v) is 9.31. The van der Waals surface area contributed by atoms with Gasteiger partial charge in [0.2, 0.25) is 0 Å². The van der Waals surface area contributed by atoms with E-state index in [1.54, 1.807) is 61.1 Å². The van der Waals surface area contributed by atoms with Crippen LogP contribution >= 0.6 is 0 Å². The molecule has 0 aliphatic rings. The molecule has 0 radical (unpaired) electrons. The number of nitrogens with one attached hydrogen (secondary N) is 3. The maximum Gasteiger partial charge on any atom is 0.323 e. The van der Waals surface area contributed by atoms with E-state index >= 15 is 0 Å². The number of H-pyrrole nitrogens is 1. The largest absolute Gasteiger partial charge is 0.346 e. The minimum atomic E-state index is -1.88. The van der Waals surface area contributed by atoms with Gasteiger partial charge in [0.25, 0.3) is 0 Å². The predicted octanol–water partition coefficient (Wildman–Crippen LogP) is 5.35. The summed E-state index contributed by atoms with van der Waals surface area (Å²) < 4.78 is 33.0. The number of pyridine rings is 1. The van der Waals surface area contributed by atoms with Crippen molar-refractivity contribution in [2.75, 3.05) is 10.6 Å². The molecule has 2 aromatic carbocycles. The highest BCUT2D eigenvalue weighted by molar-refractivity contribution is 6.05. The molecule has 0 saturated carbocycles. The van der Waals surface area contributed by atoms with Crippen LogP contribution in [0.25, 0.3) is 21.9 Å². The Balaban J connectivity index is 1.49. The molecule has 0 bridgehead atoms. The molecule has 5 rings (SSSR count). The highest BCUT2D eigenvalue weighted by atomic mass is 19.1. The number of hydrogen-bond donors (Lipinski definition) is 3. The number of urea groups is 1. The number of rotatable bonds is 4. The van der Waals surface area contributed by atoms with Gasteiger partial charge in [-0.3, -0.25) is 0 Å². The Morgan fingerprint density at radius 1 is 1.03 bits per heavy atom. The smallest absolute Gasteiger partial charge is 0.323 e. The summed E-state index contributed by atoms with van der Waals surface area (Å²) in [7, 11) is 0. The van der Waals surface area contributed by atoms with Gasteiger partial charge in [-0.05, 0) is 48.0 Å². The van der Waals surface area contributed by atoms with Gasteiger partial charge in [-0.1, -0.05) is 18.2 Å². The van der Waals surface area contributed by atoms with Crippen molar-refractivity contribution >= 4 is 39.3 Å². The van der Waals surface area contributed by atoms with E-state index < -0.39 is 18.3 Å². The number of anilines is 2. The zero-order valence-corrected chi connectivity index (χ0v) is 15.7. The van der Waals surface area contributed by atoms with E-state index in [2.05, 4.69) is 20.6 Å². The minimum Gasteiger partial charge on any atom is -0.346 e. The van der Waals surface area contributed by atoms with Crippen LogP contribution in [0.15, 0.2) is 79.3 Å². The fourth-order valence-corrected chi connectivity index (χ4v) is 3.39. The summed E-state index contributed by atoms with van der Waals surface area (Å²) in [5.74, 6) is -0.534. The zero-order valence-electron chi connectivity index (χ0n) is 17.7. The van der Waals surface area contributed by atoms with Crippen LogP contribution < -0.4 is 10.6 Å². The monoisotopic (exact) mass is 401 g/mol. The molecule has 148 valence electrons. The van der Waals surface area contributed by atoms with Crippen molar-refractivity contribution in [2.24, 2.45) is 0 Å². The Labute approximate surface area is 174 Å². The zero-order chi connectivity index (χ0) is 22.3. The molecular formula is C23H18FN5O. The lowest BCUT2D eigenvalue weighted by Gasteiger charge is -2.10. The lowest BCUT2D eigenvalue weighted by molar-refractivity contribution is 0.262. The molecule has 6 nitrogen and oxygen atoms in total. The summed E-state index contributed by atoms with van der Waals surface area (Å²) >= 11 is 0. The van der Waals surface area contributed by atoms with Crippen molar-refractivity contribution in [3.05, 3.63) is 90.6 Å². The number of amides is 2. The van der Waals surface area contributed by atoms with Crippen molar-refractivity contribution in [3.8, 4) is 0 Å². The number of fused-ring (bicyclic) bond motifs is 2. The molecule has 3 heterocycles. The molecule has 7 heteroatoms. The first-order chi connectivity index (χ1) is 15.4. The fraction of sp³-hybridized carbons (Fsp3) is 0.0435. The van der Waals surface area contributed by atoms with Crippen molar-refractivity contribution < 1.29 is 11.9 Å². The first kappa shape index (κ1) is 15.8. The molecule has 0 aliphatic carbocycles. The van der Waals surface area contributed by atoms with Gasteiger partial charge in [0, 0.05) is 35.9 Å². The maximum atomic E-state index is 13.8. The van der Waals surface area contributed by atoms with Gasteiger partial charge in [0.05, 0.1) is 19.6 Å². The van der Waals surface area contributed by atoms with Crippen molar-refractivity contribution in [1.29, 1.82) is 0 Å². The number of benzene rings is 2. The predicted molar refractivity (Wildman–Crippen MR) is 116 cm³/mol. The molecule has 0 unspecified atom stereocenters.